The molecular weight excluding hydrogens is 376 g/mol. The molecule has 1 saturated heterocycles. The van der Waals surface area contributed by atoms with Gasteiger partial charge in [0.25, 0.3) is 0 Å². The predicted molar refractivity (Wildman–Crippen MR) is 116 cm³/mol. The Hall–Kier alpha value is -2.70. The number of nitrogens with zero attached hydrogens (tertiary/aromatic N) is 3. The minimum atomic E-state index is -0.292. The lowest BCUT2D eigenvalue weighted by Crippen LogP contribution is -2.46. The first-order valence-electron chi connectivity index (χ1n) is 10.7. The van der Waals surface area contributed by atoms with Crippen LogP contribution < -0.4 is 5.43 Å². The molecule has 4 heterocycles. The van der Waals surface area contributed by atoms with Gasteiger partial charge in [-0.3, -0.25) is 9.69 Å². The molecule has 156 valence electrons. The molecule has 0 bridgehead atoms. The second kappa shape index (κ2) is 7.52. The Kier molecular flexibility index (Phi) is 4.83. The fourth-order valence-corrected chi connectivity index (χ4v) is 4.76. The van der Waals surface area contributed by atoms with Crippen LogP contribution in [0.4, 0.5) is 0 Å². The number of aryl methyl sites for hydroxylation is 1. The Morgan fingerprint density at radius 3 is 2.70 bits per heavy atom. The zero-order chi connectivity index (χ0) is 20.7. The number of H-pyrrole nitrogens is 1. The lowest BCUT2D eigenvalue weighted by Gasteiger charge is -2.43. The van der Waals surface area contributed by atoms with Crippen molar-refractivity contribution in [2.45, 2.75) is 45.3 Å². The van der Waals surface area contributed by atoms with E-state index in [9.17, 15) is 4.79 Å². The number of fused-ring (bicyclic) bond motifs is 2. The fraction of sp³-hybridized carbons (Fsp3) is 0.417. The Morgan fingerprint density at radius 1 is 1.17 bits per heavy atom. The molecule has 1 fully saturated rings. The van der Waals surface area contributed by atoms with Gasteiger partial charge < -0.3 is 9.72 Å². The standard InChI is InChI=1S/C24H28N4O2/c1-17-14-25-21(18(2)22(17)29)16-27-11-9-24(10-12-27)23-19(8-13-30-24)15-28(26-23)20-6-4-3-5-7-20/h3-7,14-15H,8-13,16H2,1-2H3,(H,25,29). The van der Waals surface area contributed by atoms with Crippen LogP contribution in [0.1, 0.15) is 40.9 Å². The molecule has 30 heavy (non-hydrogen) atoms. The molecule has 2 aliphatic heterocycles. The lowest BCUT2D eigenvalue weighted by atomic mass is 9.83. The summed E-state index contributed by atoms with van der Waals surface area (Å²) in [5, 5.41) is 4.97. The van der Waals surface area contributed by atoms with Gasteiger partial charge in [-0.1, -0.05) is 18.2 Å². The Morgan fingerprint density at radius 2 is 1.93 bits per heavy atom. The van der Waals surface area contributed by atoms with E-state index in [1.807, 2.05) is 42.9 Å². The molecule has 2 aromatic heterocycles. The van der Waals surface area contributed by atoms with Gasteiger partial charge in [-0.2, -0.15) is 5.10 Å². The molecule has 3 aromatic rings. The Balaban J connectivity index is 1.35. The van der Waals surface area contributed by atoms with Gasteiger partial charge in [0.15, 0.2) is 5.43 Å². The molecule has 2 aliphatic rings. The smallest absolute Gasteiger partial charge is 0.187 e. The average molecular weight is 405 g/mol. The molecule has 0 saturated carbocycles. The second-order valence-corrected chi connectivity index (χ2v) is 8.56. The zero-order valence-electron chi connectivity index (χ0n) is 17.6. The van der Waals surface area contributed by atoms with Gasteiger partial charge >= 0.3 is 0 Å². The number of aromatic nitrogens is 3. The summed E-state index contributed by atoms with van der Waals surface area (Å²) < 4.78 is 8.37. The maximum absolute atomic E-state index is 12.3. The molecule has 1 aromatic carbocycles. The van der Waals surface area contributed by atoms with E-state index in [4.69, 9.17) is 9.84 Å². The number of hydrogen-bond acceptors (Lipinski definition) is 4. The number of aromatic amines is 1. The van der Waals surface area contributed by atoms with E-state index < -0.39 is 0 Å². The monoisotopic (exact) mass is 404 g/mol. The first-order valence-corrected chi connectivity index (χ1v) is 10.7. The van der Waals surface area contributed by atoms with Crippen LogP contribution in [0, 0.1) is 13.8 Å². The van der Waals surface area contributed by atoms with E-state index in [1.54, 1.807) is 0 Å². The highest BCUT2D eigenvalue weighted by Crippen LogP contribution is 2.41. The number of ether oxygens (including phenoxy) is 1. The number of piperidine rings is 1. The average Bonchev–Trinajstić information content (AvgIpc) is 3.22. The Bertz CT molecular complexity index is 1110. The van der Waals surface area contributed by atoms with Crippen LogP contribution in [0.2, 0.25) is 0 Å². The van der Waals surface area contributed by atoms with Crippen molar-refractivity contribution in [3.05, 3.63) is 81.0 Å². The zero-order valence-corrected chi connectivity index (χ0v) is 17.6. The highest BCUT2D eigenvalue weighted by Gasteiger charge is 2.43. The summed E-state index contributed by atoms with van der Waals surface area (Å²) in [6.45, 7) is 7.13. The van der Waals surface area contributed by atoms with Crippen LogP contribution in [-0.4, -0.2) is 39.4 Å². The molecule has 0 atom stereocenters. The van der Waals surface area contributed by atoms with Crippen molar-refractivity contribution in [1.29, 1.82) is 0 Å². The van der Waals surface area contributed by atoms with E-state index in [0.29, 0.717) is 0 Å². The van der Waals surface area contributed by atoms with Crippen LogP contribution in [0.15, 0.2) is 47.5 Å². The maximum atomic E-state index is 12.3. The van der Waals surface area contributed by atoms with Crippen LogP contribution in [0.5, 0.6) is 0 Å². The summed E-state index contributed by atoms with van der Waals surface area (Å²) in [5.41, 5.74) is 5.95. The summed E-state index contributed by atoms with van der Waals surface area (Å²) >= 11 is 0. The molecule has 0 amide bonds. The quantitative estimate of drug-likeness (QED) is 0.728. The van der Waals surface area contributed by atoms with Crippen LogP contribution in [0.25, 0.3) is 5.69 Å². The van der Waals surface area contributed by atoms with Gasteiger partial charge in [0.2, 0.25) is 0 Å². The van der Waals surface area contributed by atoms with Crippen molar-refractivity contribution in [2.24, 2.45) is 0 Å². The molecule has 0 aliphatic carbocycles. The number of hydrogen-bond donors (Lipinski definition) is 1. The number of rotatable bonds is 3. The molecule has 6 nitrogen and oxygen atoms in total. The molecule has 6 heteroatoms. The summed E-state index contributed by atoms with van der Waals surface area (Å²) in [4.78, 5) is 18.0. The number of likely N-dealkylation sites (tertiary alicyclic amines) is 1. The van der Waals surface area contributed by atoms with E-state index >= 15 is 0 Å². The van der Waals surface area contributed by atoms with E-state index in [-0.39, 0.29) is 11.0 Å². The van der Waals surface area contributed by atoms with Crippen LogP contribution in [-0.2, 0) is 23.3 Å². The van der Waals surface area contributed by atoms with Gasteiger partial charge in [0.05, 0.1) is 18.0 Å². The Labute approximate surface area is 176 Å². The summed E-state index contributed by atoms with van der Waals surface area (Å²) in [6.07, 6.45) is 6.74. The van der Waals surface area contributed by atoms with Crippen molar-refractivity contribution in [3.8, 4) is 5.69 Å². The third kappa shape index (κ3) is 3.30. The maximum Gasteiger partial charge on any atom is 0.187 e. The second-order valence-electron chi connectivity index (χ2n) is 8.56. The molecule has 1 N–H and O–H groups in total. The van der Waals surface area contributed by atoms with Gasteiger partial charge in [-0.15, -0.1) is 0 Å². The lowest BCUT2D eigenvalue weighted by molar-refractivity contribution is -0.102. The van der Waals surface area contributed by atoms with Crippen molar-refractivity contribution >= 4 is 0 Å². The summed E-state index contributed by atoms with van der Waals surface area (Å²) in [6, 6.07) is 10.3. The van der Waals surface area contributed by atoms with Crippen molar-refractivity contribution in [1.82, 2.24) is 19.7 Å². The SMILES string of the molecule is Cc1c[nH]c(CN2CCC3(CC2)OCCc2cn(-c4ccccc4)nc23)c(C)c1=O. The van der Waals surface area contributed by atoms with Crippen LogP contribution >= 0.6 is 0 Å². The number of pyridine rings is 1. The van der Waals surface area contributed by atoms with Crippen molar-refractivity contribution in [2.75, 3.05) is 19.7 Å². The molecule has 1 spiro atoms. The van der Waals surface area contributed by atoms with Gasteiger partial charge in [-0.25, -0.2) is 4.68 Å². The number of para-hydroxylation sites is 1. The number of benzene rings is 1. The summed E-state index contributed by atoms with van der Waals surface area (Å²) in [5.74, 6) is 0. The van der Waals surface area contributed by atoms with E-state index in [0.717, 1.165) is 73.7 Å². The topological polar surface area (TPSA) is 63.1 Å². The van der Waals surface area contributed by atoms with Crippen molar-refractivity contribution in [3.63, 3.8) is 0 Å². The van der Waals surface area contributed by atoms with E-state index in [2.05, 4.69) is 28.2 Å². The normalized spacial score (nSPS) is 18.5. The third-order valence-corrected chi connectivity index (χ3v) is 6.65. The van der Waals surface area contributed by atoms with Crippen molar-refractivity contribution < 1.29 is 4.74 Å². The predicted octanol–water partition coefficient (Wildman–Crippen LogP) is 3.24. The fourth-order valence-electron chi connectivity index (χ4n) is 4.76. The molecular formula is C24H28N4O2. The molecule has 0 radical (unpaired) electrons. The van der Waals surface area contributed by atoms with Gasteiger partial charge in [0.1, 0.15) is 5.60 Å². The largest absolute Gasteiger partial charge is 0.368 e. The summed E-state index contributed by atoms with van der Waals surface area (Å²) in [7, 11) is 0. The third-order valence-electron chi connectivity index (χ3n) is 6.65. The van der Waals surface area contributed by atoms with Gasteiger partial charge in [-0.05, 0) is 50.8 Å². The van der Waals surface area contributed by atoms with Crippen LogP contribution in [0.3, 0.4) is 0 Å². The van der Waals surface area contributed by atoms with Gasteiger partial charge in [0, 0.05) is 48.8 Å². The minimum Gasteiger partial charge on any atom is -0.368 e. The highest BCUT2D eigenvalue weighted by atomic mass is 16.5. The molecule has 0 unspecified atom stereocenters. The minimum absolute atomic E-state index is 0.143. The number of nitrogens with one attached hydrogen (secondary N) is 1. The van der Waals surface area contributed by atoms with E-state index in [1.165, 1.54) is 5.56 Å². The molecule has 5 rings (SSSR count). The first-order chi connectivity index (χ1) is 14.6. The highest BCUT2D eigenvalue weighted by molar-refractivity contribution is 5.35. The first kappa shape index (κ1) is 19.3.